The van der Waals surface area contributed by atoms with Gasteiger partial charge in [0.2, 0.25) is 0 Å². The van der Waals surface area contributed by atoms with E-state index in [1.54, 1.807) is 6.07 Å². The zero-order valence-electron chi connectivity index (χ0n) is 12.8. The van der Waals surface area contributed by atoms with E-state index in [2.05, 4.69) is 34.7 Å². The quantitative estimate of drug-likeness (QED) is 0.887. The lowest BCUT2D eigenvalue weighted by Gasteiger charge is -2.14. The lowest BCUT2D eigenvalue weighted by molar-refractivity contribution is 0.251. The number of anilines is 1. The smallest absolute Gasteiger partial charge is 0.320 e. The summed E-state index contributed by atoms with van der Waals surface area (Å²) >= 11 is 0. The highest BCUT2D eigenvalue weighted by molar-refractivity contribution is 5.88. The molecule has 0 aliphatic rings. The van der Waals surface area contributed by atoms with Gasteiger partial charge in [0.15, 0.2) is 0 Å². The SMILES string of the molecule is CCC(C)n1nc(C)cc1NC(=O)NCc1cc(C)on1. The molecule has 1 unspecified atom stereocenters. The molecule has 7 nitrogen and oxygen atoms in total. The molecule has 2 amide bonds. The summed E-state index contributed by atoms with van der Waals surface area (Å²) in [5, 5.41) is 13.8. The lowest BCUT2D eigenvalue weighted by atomic mass is 10.3. The molecule has 2 aromatic heterocycles. The van der Waals surface area contributed by atoms with Crippen molar-refractivity contribution in [2.45, 2.75) is 46.7 Å². The number of hydrogen-bond acceptors (Lipinski definition) is 4. The fourth-order valence-corrected chi connectivity index (χ4v) is 1.95. The summed E-state index contributed by atoms with van der Waals surface area (Å²) in [5.41, 5.74) is 1.56. The van der Waals surface area contributed by atoms with Crippen molar-refractivity contribution in [2.24, 2.45) is 0 Å². The van der Waals surface area contributed by atoms with Gasteiger partial charge >= 0.3 is 6.03 Å². The molecule has 0 aromatic carbocycles. The van der Waals surface area contributed by atoms with E-state index in [-0.39, 0.29) is 12.1 Å². The fraction of sp³-hybridized carbons (Fsp3) is 0.500. The van der Waals surface area contributed by atoms with Crippen LogP contribution in [0.15, 0.2) is 16.7 Å². The maximum absolute atomic E-state index is 11.9. The molecule has 0 saturated heterocycles. The normalized spacial score (nSPS) is 12.2. The molecule has 0 spiro atoms. The molecule has 0 aliphatic carbocycles. The van der Waals surface area contributed by atoms with Gasteiger partial charge in [-0.1, -0.05) is 12.1 Å². The summed E-state index contributed by atoms with van der Waals surface area (Å²) in [5.74, 6) is 1.41. The van der Waals surface area contributed by atoms with Gasteiger partial charge in [-0.25, -0.2) is 9.48 Å². The van der Waals surface area contributed by atoms with Crippen LogP contribution in [-0.2, 0) is 6.54 Å². The topological polar surface area (TPSA) is 85.0 Å². The minimum atomic E-state index is -0.292. The van der Waals surface area contributed by atoms with E-state index in [1.807, 2.05) is 24.6 Å². The van der Waals surface area contributed by atoms with Crippen LogP contribution in [0.4, 0.5) is 10.6 Å². The van der Waals surface area contributed by atoms with Gasteiger partial charge in [0, 0.05) is 12.1 Å². The lowest BCUT2D eigenvalue weighted by Crippen LogP contribution is -2.29. The molecule has 0 radical (unpaired) electrons. The predicted molar refractivity (Wildman–Crippen MR) is 79.1 cm³/mol. The molecular weight excluding hydrogens is 270 g/mol. The largest absolute Gasteiger partial charge is 0.361 e. The summed E-state index contributed by atoms with van der Waals surface area (Å²) in [7, 11) is 0. The van der Waals surface area contributed by atoms with Crippen molar-refractivity contribution in [3.05, 3.63) is 29.3 Å². The zero-order valence-corrected chi connectivity index (χ0v) is 12.8. The maximum Gasteiger partial charge on any atom is 0.320 e. The summed E-state index contributed by atoms with van der Waals surface area (Å²) in [4.78, 5) is 11.9. The third-order valence-electron chi connectivity index (χ3n) is 3.21. The van der Waals surface area contributed by atoms with Crippen LogP contribution in [0.5, 0.6) is 0 Å². The Bertz CT molecular complexity index is 617. The Morgan fingerprint density at radius 3 is 2.81 bits per heavy atom. The van der Waals surface area contributed by atoms with E-state index >= 15 is 0 Å². The Morgan fingerprint density at radius 1 is 1.43 bits per heavy atom. The Balaban J connectivity index is 1.96. The van der Waals surface area contributed by atoms with Gasteiger partial charge in [-0.05, 0) is 27.2 Å². The van der Waals surface area contributed by atoms with E-state index in [4.69, 9.17) is 4.52 Å². The third-order valence-corrected chi connectivity index (χ3v) is 3.21. The average molecular weight is 291 g/mol. The van der Waals surface area contributed by atoms with Crippen LogP contribution in [0, 0.1) is 13.8 Å². The monoisotopic (exact) mass is 291 g/mol. The molecule has 2 aromatic rings. The number of amides is 2. The van der Waals surface area contributed by atoms with Crippen molar-refractivity contribution in [3.8, 4) is 0 Å². The molecule has 21 heavy (non-hydrogen) atoms. The van der Waals surface area contributed by atoms with Gasteiger partial charge in [-0.15, -0.1) is 0 Å². The Kier molecular flexibility index (Phi) is 4.62. The van der Waals surface area contributed by atoms with Crippen LogP contribution in [-0.4, -0.2) is 21.0 Å². The third kappa shape index (κ3) is 3.84. The second-order valence-corrected chi connectivity index (χ2v) is 5.11. The molecule has 0 aliphatic heterocycles. The van der Waals surface area contributed by atoms with Gasteiger partial charge in [-0.3, -0.25) is 5.32 Å². The van der Waals surface area contributed by atoms with E-state index < -0.39 is 0 Å². The van der Waals surface area contributed by atoms with Crippen molar-refractivity contribution in [1.29, 1.82) is 0 Å². The number of nitrogens with zero attached hydrogens (tertiary/aromatic N) is 3. The number of carbonyl (C=O) groups is 1. The second kappa shape index (κ2) is 6.43. The molecule has 2 heterocycles. The number of hydrogen-bond donors (Lipinski definition) is 2. The second-order valence-electron chi connectivity index (χ2n) is 5.11. The first-order valence-corrected chi connectivity index (χ1v) is 7.02. The van der Waals surface area contributed by atoms with Crippen LogP contribution < -0.4 is 10.6 Å². The van der Waals surface area contributed by atoms with E-state index in [1.165, 1.54) is 0 Å². The standard InChI is InChI=1S/C14H21N5O2/c1-5-10(3)19-13(6-9(2)17-19)16-14(20)15-8-12-7-11(4)21-18-12/h6-7,10H,5,8H2,1-4H3,(H2,15,16,20). The van der Waals surface area contributed by atoms with Gasteiger partial charge in [0.05, 0.1) is 18.3 Å². The van der Waals surface area contributed by atoms with Gasteiger partial charge < -0.3 is 9.84 Å². The van der Waals surface area contributed by atoms with Crippen molar-refractivity contribution in [2.75, 3.05) is 5.32 Å². The van der Waals surface area contributed by atoms with E-state index in [0.717, 1.165) is 17.9 Å². The first-order valence-electron chi connectivity index (χ1n) is 7.02. The first-order chi connectivity index (χ1) is 9.99. The molecule has 0 fully saturated rings. The minimum Gasteiger partial charge on any atom is -0.361 e. The number of urea groups is 1. The number of nitrogens with one attached hydrogen (secondary N) is 2. The van der Waals surface area contributed by atoms with Gasteiger partial charge in [-0.2, -0.15) is 5.10 Å². The molecule has 2 N–H and O–H groups in total. The van der Waals surface area contributed by atoms with Crippen molar-refractivity contribution >= 4 is 11.8 Å². The maximum atomic E-state index is 11.9. The Morgan fingerprint density at radius 2 is 2.19 bits per heavy atom. The van der Waals surface area contributed by atoms with Crippen molar-refractivity contribution in [3.63, 3.8) is 0 Å². The fourth-order valence-electron chi connectivity index (χ4n) is 1.95. The predicted octanol–water partition coefficient (Wildman–Crippen LogP) is 2.78. The minimum absolute atomic E-state index is 0.229. The van der Waals surface area contributed by atoms with Crippen molar-refractivity contribution in [1.82, 2.24) is 20.3 Å². The van der Waals surface area contributed by atoms with Crippen LogP contribution in [0.3, 0.4) is 0 Å². The molecule has 2 rings (SSSR count). The molecule has 0 bridgehead atoms. The first kappa shape index (κ1) is 15.1. The zero-order chi connectivity index (χ0) is 15.4. The van der Waals surface area contributed by atoms with Crippen LogP contribution >= 0.6 is 0 Å². The summed E-state index contributed by atoms with van der Waals surface area (Å²) in [6.45, 7) is 8.18. The summed E-state index contributed by atoms with van der Waals surface area (Å²) in [6, 6.07) is 3.58. The number of aromatic nitrogens is 3. The van der Waals surface area contributed by atoms with Crippen molar-refractivity contribution < 1.29 is 9.32 Å². The van der Waals surface area contributed by atoms with Gasteiger partial charge in [0.25, 0.3) is 0 Å². The number of carbonyl (C=O) groups excluding carboxylic acids is 1. The molecule has 1 atom stereocenters. The highest BCUT2D eigenvalue weighted by Gasteiger charge is 2.13. The molecule has 7 heteroatoms. The van der Waals surface area contributed by atoms with E-state index in [9.17, 15) is 4.79 Å². The average Bonchev–Trinajstić information content (AvgIpc) is 3.01. The Hall–Kier alpha value is -2.31. The highest BCUT2D eigenvalue weighted by Crippen LogP contribution is 2.18. The van der Waals surface area contributed by atoms with Crippen LogP contribution in [0.2, 0.25) is 0 Å². The summed E-state index contributed by atoms with van der Waals surface area (Å²) < 4.78 is 6.78. The van der Waals surface area contributed by atoms with E-state index in [0.29, 0.717) is 18.1 Å². The summed E-state index contributed by atoms with van der Waals surface area (Å²) in [6.07, 6.45) is 0.940. The highest BCUT2D eigenvalue weighted by atomic mass is 16.5. The number of rotatable bonds is 5. The van der Waals surface area contributed by atoms with Crippen LogP contribution in [0.1, 0.15) is 43.5 Å². The number of aryl methyl sites for hydroxylation is 2. The molecular formula is C14H21N5O2. The molecule has 114 valence electrons. The van der Waals surface area contributed by atoms with Crippen LogP contribution in [0.25, 0.3) is 0 Å². The van der Waals surface area contributed by atoms with Gasteiger partial charge in [0.1, 0.15) is 17.3 Å². The molecule has 0 saturated carbocycles. The Labute approximate surface area is 123 Å².